The van der Waals surface area contributed by atoms with Crippen molar-refractivity contribution < 1.29 is 27.9 Å². The van der Waals surface area contributed by atoms with Crippen LogP contribution in [0.3, 0.4) is 0 Å². The van der Waals surface area contributed by atoms with E-state index in [2.05, 4.69) is 5.32 Å². The van der Waals surface area contributed by atoms with Gasteiger partial charge in [-0.15, -0.1) is 0 Å². The van der Waals surface area contributed by atoms with Crippen LogP contribution in [0.4, 0.5) is 0 Å². The smallest absolute Gasteiger partial charge is 0.328 e. The van der Waals surface area contributed by atoms with E-state index in [1.165, 1.54) is 31.4 Å². The van der Waals surface area contributed by atoms with Crippen LogP contribution in [0.2, 0.25) is 0 Å². The molecule has 144 valence electrons. The lowest BCUT2D eigenvalue weighted by Crippen LogP contribution is -2.43. The Morgan fingerprint density at radius 3 is 2.19 bits per heavy atom. The van der Waals surface area contributed by atoms with E-state index < -0.39 is 27.8 Å². The number of hydrogen-bond donors (Lipinski definition) is 2. The zero-order valence-electron chi connectivity index (χ0n) is 15.0. The van der Waals surface area contributed by atoms with Crippen LogP contribution in [0, 0.1) is 6.92 Å². The standard InChI is InChI=1S/C19H21NO6S/c1-13-3-9-16(10-4-13)27(24,25)12-14-5-7-15(8-6-14)18(21)20-17(11-26-2)19(22)23/h3-10,17H,11-12H2,1-2H3,(H,20,21)(H,22,23). The number of methoxy groups -OCH3 is 1. The van der Waals surface area contributed by atoms with Crippen LogP contribution in [0.1, 0.15) is 21.5 Å². The van der Waals surface area contributed by atoms with Gasteiger partial charge in [0.1, 0.15) is 0 Å². The van der Waals surface area contributed by atoms with Crippen LogP contribution in [0.5, 0.6) is 0 Å². The van der Waals surface area contributed by atoms with E-state index in [-0.39, 0.29) is 22.8 Å². The van der Waals surface area contributed by atoms with Crippen LogP contribution in [-0.4, -0.2) is 45.2 Å². The molecule has 0 saturated heterocycles. The fourth-order valence-electron chi connectivity index (χ4n) is 2.38. The van der Waals surface area contributed by atoms with Gasteiger partial charge in [-0.2, -0.15) is 0 Å². The number of benzene rings is 2. The molecule has 2 aromatic rings. The molecule has 0 aliphatic carbocycles. The molecule has 1 unspecified atom stereocenters. The number of ether oxygens (including phenoxy) is 1. The van der Waals surface area contributed by atoms with Gasteiger partial charge in [0.2, 0.25) is 0 Å². The fourth-order valence-corrected chi connectivity index (χ4v) is 3.73. The second-order valence-corrected chi connectivity index (χ2v) is 8.08. The third-order valence-corrected chi connectivity index (χ3v) is 5.59. The number of hydrogen-bond acceptors (Lipinski definition) is 5. The summed E-state index contributed by atoms with van der Waals surface area (Å²) in [5.41, 5.74) is 1.73. The molecule has 2 N–H and O–H groups in total. The second kappa shape index (κ2) is 8.79. The van der Waals surface area contributed by atoms with E-state index in [0.717, 1.165) is 5.56 Å². The van der Waals surface area contributed by atoms with Gasteiger partial charge in [0, 0.05) is 12.7 Å². The zero-order chi connectivity index (χ0) is 20.0. The monoisotopic (exact) mass is 391 g/mol. The quantitative estimate of drug-likeness (QED) is 0.710. The van der Waals surface area contributed by atoms with Crippen molar-refractivity contribution in [2.75, 3.05) is 13.7 Å². The number of aryl methyl sites for hydroxylation is 1. The Balaban J connectivity index is 2.09. The maximum atomic E-state index is 12.5. The molecular formula is C19H21NO6S. The Morgan fingerprint density at radius 1 is 1.07 bits per heavy atom. The minimum absolute atomic E-state index is 0.159. The van der Waals surface area contributed by atoms with Crippen molar-refractivity contribution in [2.45, 2.75) is 23.6 Å². The molecule has 2 aromatic carbocycles. The summed E-state index contributed by atoms with van der Waals surface area (Å²) in [4.78, 5) is 23.4. The van der Waals surface area contributed by atoms with E-state index in [9.17, 15) is 18.0 Å². The number of aliphatic carboxylic acids is 1. The average Bonchev–Trinajstić information content (AvgIpc) is 2.61. The Bertz CT molecular complexity index is 904. The zero-order valence-corrected chi connectivity index (χ0v) is 15.8. The number of carbonyl (C=O) groups excluding carboxylic acids is 1. The van der Waals surface area contributed by atoms with Gasteiger partial charge in [0.15, 0.2) is 15.9 Å². The molecule has 0 heterocycles. The first-order chi connectivity index (χ1) is 12.7. The lowest BCUT2D eigenvalue weighted by atomic mass is 10.1. The average molecular weight is 391 g/mol. The molecule has 8 heteroatoms. The summed E-state index contributed by atoms with van der Waals surface area (Å²) in [6.07, 6.45) is 0. The van der Waals surface area contributed by atoms with Crippen molar-refractivity contribution >= 4 is 21.7 Å². The first-order valence-corrected chi connectivity index (χ1v) is 9.79. The molecule has 7 nitrogen and oxygen atoms in total. The van der Waals surface area contributed by atoms with Crippen molar-refractivity contribution in [3.8, 4) is 0 Å². The summed E-state index contributed by atoms with van der Waals surface area (Å²) in [5, 5.41) is 11.4. The van der Waals surface area contributed by atoms with E-state index in [0.29, 0.717) is 5.56 Å². The van der Waals surface area contributed by atoms with Gasteiger partial charge >= 0.3 is 5.97 Å². The summed E-state index contributed by atoms with van der Waals surface area (Å²) in [5.74, 6) is -1.97. The fraction of sp³-hybridized carbons (Fsp3) is 0.263. The van der Waals surface area contributed by atoms with E-state index in [4.69, 9.17) is 9.84 Å². The maximum absolute atomic E-state index is 12.5. The molecule has 27 heavy (non-hydrogen) atoms. The van der Waals surface area contributed by atoms with E-state index in [1.54, 1.807) is 24.3 Å². The number of sulfone groups is 1. The Kier molecular flexibility index (Phi) is 6.70. The van der Waals surface area contributed by atoms with Gasteiger partial charge in [-0.25, -0.2) is 13.2 Å². The largest absolute Gasteiger partial charge is 0.480 e. The van der Waals surface area contributed by atoms with Gasteiger partial charge in [-0.3, -0.25) is 4.79 Å². The predicted octanol–water partition coefficient (Wildman–Crippen LogP) is 1.80. The van der Waals surface area contributed by atoms with Crippen LogP contribution < -0.4 is 5.32 Å². The number of nitrogens with one attached hydrogen (secondary N) is 1. The molecule has 0 bridgehead atoms. The first kappa shape index (κ1) is 20.6. The molecule has 0 saturated carbocycles. The van der Waals surface area contributed by atoms with Crippen LogP contribution >= 0.6 is 0 Å². The Hall–Kier alpha value is -2.71. The molecular weight excluding hydrogens is 370 g/mol. The van der Waals surface area contributed by atoms with Crippen molar-refractivity contribution in [2.24, 2.45) is 0 Å². The lowest BCUT2D eigenvalue weighted by molar-refractivity contribution is -0.140. The van der Waals surface area contributed by atoms with Gasteiger partial charge in [-0.1, -0.05) is 29.8 Å². The highest BCUT2D eigenvalue weighted by molar-refractivity contribution is 7.90. The molecule has 0 spiro atoms. The van der Waals surface area contributed by atoms with Crippen molar-refractivity contribution in [1.82, 2.24) is 5.32 Å². The van der Waals surface area contributed by atoms with Gasteiger partial charge < -0.3 is 15.2 Å². The Labute approximate surface area is 157 Å². The van der Waals surface area contributed by atoms with E-state index in [1.807, 2.05) is 6.92 Å². The van der Waals surface area contributed by atoms with Gasteiger partial charge in [0.05, 0.1) is 17.3 Å². The van der Waals surface area contributed by atoms with Gasteiger partial charge in [-0.05, 0) is 36.8 Å². The minimum atomic E-state index is -3.50. The molecule has 0 aliphatic rings. The third-order valence-electron chi connectivity index (χ3n) is 3.89. The number of carboxylic acid groups (broad SMARTS) is 1. The number of amides is 1. The summed E-state index contributed by atoms with van der Waals surface area (Å²) in [7, 11) is -2.16. The minimum Gasteiger partial charge on any atom is -0.480 e. The molecule has 0 aliphatic heterocycles. The van der Waals surface area contributed by atoms with Crippen molar-refractivity contribution in [1.29, 1.82) is 0 Å². The number of rotatable bonds is 8. The summed E-state index contributed by atoms with van der Waals surface area (Å²) in [6, 6.07) is 11.4. The van der Waals surface area contributed by atoms with E-state index >= 15 is 0 Å². The van der Waals surface area contributed by atoms with Crippen LogP contribution in [0.25, 0.3) is 0 Å². The molecule has 1 amide bonds. The highest BCUT2D eigenvalue weighted by Crippen LogP contribution is 2.17. The summed E-state index contributed by atoms with van der Waals surface area (Å²) < 4.78 is 29.7. The van der Waals surface area contributed by atoms with Crippen molar-refractivity contribution in [3.05, 3.63) is 65.2 Å². The first-order valence-electron chi connectivity index (χ1n) is 8.14. The SMILES string of the molecule is COCC(NC(=O)c1ccc(CS(=O)(=O)c2ccc(C)cc2)cc1)C(=O)O. The number of carbonyl (C=O) groups is 2. The molecule has 0 aromatic heterocycles. The second-order valence-electron chi connectivity index (χ2n) is 6.09. The molecule has 2 rings (SSSR count). The van der Waals surface area contributed by atoms with Crippen LogP contribution in [-0.2, 0) is 25.1 Å². The highest BCUT2D eigenvalue weighted by Gasteiger charge is 2.21. The highest BCUT2D eigenvalue weighted by atomic mass is 32.2. The normalized spacial score (nSPS) is 12.4. The molecule has 1 atom stereocenters. The van der Waals surface area contributed by atoms with Crippen LogP contribution in [0.15, 0.2) is 53.4 Å². The lowest BCUT2D eigenvalue weighted by Gasteiger charge is -2.13. The molecule has 0 radical (unpaired) electrons. The predicted molar refractivity (Wildman–Crippen MR) is 99.3 cm³/mol. The summed E-state index contributed by atoms with van der Waals surface area (Å²) in [6.45, 7) is 1.72. The van der Waals surface area contributed by atoms with Crippen molar-refractivity contribution in [3.63, 3.8) is 0 Å². The Morgan fingerprint density at radius 2 is 1.67 bits per heavy atom. The third kappa shape index (κ3) is 5.63. The topological polar surface area (TPSA) is 110 Å². The number of carboxylic acids is 1. The molecule has 0 fully saturated rings. The maximum Gasteiger partial charge on any atom is 0.328 e. The van der Waals surface area contributed by atoms with Gasteiger partial charge in [0.25, 0.3) is 5.91 Å². The summed E-state index contributed by atoms with van der Waals surface area (Å²) >= 11 is 0.